The van der Waals surface area contributed by atoms with Gasteiger partial charge in [-0.05, 0) is 26.0 Å². The van der Waals surface area contributed by atoms with Gasteiger partial charge in [0.2, 0.25) is 0 Å². The molecule has 1 aromatic rings. The number of nitrogens with two attached hydrogens (primary N) is 1. The molecular formula is C11H19NO. The Morgan fingerprint density at radius 2 is 1.38 bits per heavy atom. The number of carbonyl (C=O) groups is 1. The number of para-hydroxylation sites is 1. The van der Waals surface area contributed by atoms with E-state index in [0.717, 1.165) is 5.69 Å². The number of nitrogen functional groups attached to an aromatic ring is 1. The van der Waals surface area contributed by atoms with Crippen molar-refractivity contribution in [3.63, 3.8) is 0 Å². The molecule has 0 heterocycles. The van der Waals surface area contributed by atoms with Crippen LogP contribution in [0.15, 0.2) is 30.3 Å². The number of Topliss-reactive ketones (excluding diaryl/α,β-unsaturated/α-hetero) is 1. The third-order valence-electron chi connectivity index (χ3n) is 0.800. The van der Waals surface area contributed by atoms with E-state index < -0.39 is 0 Å². The lowest BCUT2D eigenvalue weighted by atomic mass is 10.3. The number of hydrogen-bond acceptors (Lipinski definition) is 2. The SMILES string of the molecule is CC.CC(C)=O.Nc1ccccc1. The third-order valence-corrected chi connectivity index (χ3v) is 0.800. The largest absolute Gasteiger partial charge is 0.399 e. The normalized spacial score (nSPS) is 7.08. The van der Waals surface area contributed by atoms with Crippen LogP contribution < -0.4 is 5.73 Å². The summed E-state index contributed by atoms with van der Waals surface area (Å²) in [6.07, 6.45) is 0. The van der Waals surface area contributed by atoms with Crippen LogP contribution in [0.3, 0.4) is 0 Å². The first-order valence-corrected chi connectivity index (χ1v) is 4.40. The van der Waals surface area contributed by atoms with E-state index in [9.17, 15) is 4.79 Å². The Kier molecular flexibility index (Phi) is 11.7. The van der Waals surface area contributed by atoms with Gasteiger partial charge >= 0.3 is 0 Å². The molecule has 0 radical (unpaired) electrons. The minimum absolute atomic E-state index is 0.167. The molecule has 0 fully saturated rings. The highest BCUT2D eigenvalue weighted by atomic mass is 16.1. The van der Waals surface area contributed by atoms with E-state index in [1.54, 1.807) is 0 Å². The van der Waals surface area contributed by atoms with Crippen molar-refractivity contribution in [2.45, 2.75) is 27.7 Å². The van der Waals surface area contributed by atoms with Crippen LogP contribution in [-0.2, 0) is 4.79 Å². The summed E-state index contributed by atoms with van der Waals surface area (Å²) in [6, 6.07) is 9.49. The second-order valence-electron chi connectivity index (χ2n) is 2.32. The number of rotatable bonds is 0. The molecule has 13 heavy (non-hydrogen) atoms. The van der Waals surface area contributed by atoms with Crippen LogP contribution in [0.25, 0.3) is 0 Å². The van der Waals surface area contributed by atoms with Gasteiger partial charge in [0.1, 0.15) is 5.78 Å². The predicted molar refractivity (Wildman–Crippen MR) is 58.6 cm³/mol. The van der Waals surface area contributed by atoms with Crippen LogP contribution in [-0.4, -0.2) is 5.78 Å². The fourth-order valence-corrected chi connectivity index (χ4v) is 0.453. The summed E-state index contributed by atoms with van der Waals surface area (Å²) in [5.41, 5.74) is 6.18. The highest BCUT2D eigenvalue weighted by Gasteiger charge is 1.72. The fourth-order valence-electron chi connectivity index (χ4n) is 0.453. The van der Waals surface area contributed by atoms with Crippen molar-refractivity contribution >= 4 is 11.5 Å². The van der Waals surface area contributed by atoms with Crippen molar-refractivity contribution in [2.75, 3.05) is 5.73 Å². The van der Waals surface area contributed by atoms with Crippen molar-refractivity contribution in [3.8, 4) is 0 Å². The molecule has 0 saturated carbocycles. The minimum atomic E-state index is 0.167. The first-order valence-electron chi connectivity index (χ1n) is 4.40. The van der Waals surface area contributed by atoms with Gasteiger partial charge in [0.05, 0.1) is 0 Å². The van der Waals surface area contributed by atoms with Crippen molar-refractivity contribution in [1.82, 2.24) is 0 Å². The molecule has 0 amide bonds. The first kappa shape index (κ1) is 14.2. The molecule has 1 rings (SSSR count). The van der Waals surface area contributed by atoms with Crippen molar-refractivity contribution in [3.05, 3.63) is 30.3 Å². The zero-order valence-electron chi connectivity index (χ0n) is 8.87. The molecule has 0 spiro atoms. The number of benzene rings is 1. The van der Waals surface area contributed by atoms with Crippen LogP contribution in [0.5, 0.6) is 0 Å². The van der Waals surface area contributed by atoms with Gasteiger partial charge < -0.3 is 10.5 Å². The molecule has 0 saturated heterocycles. The average Bonchev–Trinajstić information content (AvgIpc) is 2.08. The van der Waals surface area contributed by atoms with E-state index >= 15 is 0 Å². The summed E-state index contributed by atoms with van der Waals surface area (Å²) in [7, 11) is 0. The highest BCUT2D eigenvalue weighted by molar-refractivity contribution is 5.72. The molecule has 0 unspecified atom stereocenters. The van der Waals surface area contributed by atoms with Crippen LogP contribution >= 0.6 is 0 Å². The Bertz CT molecular complexity index is 203. The van der Waals surface area contributed by atoms with Crippen molar-refractivity contribution in [2.24, 2.45) is 0 Å². The Hall–Kier alpha value is -1.31. The second kappa shape index (κ2) is 10.7. The monoisotopic (exact) mass is 181 g/mol. The van der Waals surface area contributed by atoms with Gasteiger partial charge in [0.25, 0.3) is 0 Å². The van der Waals surface area contributed by atoms with Crippen LogP contribution in [0.4, 0.5) is 5.69 Å². The lowest BCUT2D eigenvalue weighted by Crippen LogP contribution is -1.79. The van der Waals surface area contributed by atoms with Gasteiger partial charge in [-0.1, -0.05) is 32.0 Å². The molecule has 2 nitrogen and oxygen atoms in total. The summed E-state index contributed by atoms with van der Waals surface area (Å²) in [5.74, 6) is 0.167. The minimum Gasteiger partial charge on any atom is -0.399 e. The van der Waals surface area contributed by atoms with Crippen molar-refractivity contribution in [1.29, 1.82) is 0 Å². The Balaban J connectivity index is 0. The second-order valence-corrected chi connectivity index (χ2v) is 2.32. The maximum Gasteiger partial charge on any atom is 0.126 e. The van der Waals surface area contributed by atoms with E-state index in [2.05, 4.69) is 0 Å². The van der Waals surface area contributed by atoms with Gasteiger partial charge in [-0.3, -0.25) is 0 Å². The van der Waals surface area contributed by atoms with Crippen molar-refractivity contribution < 1.29 is 4.79 Å². The average molecular weight is 181 g/mol. The Labute approximate surface area is 80.8 Å². The van der Waals surface area contributed by atoms with E-state index in [1.165, 1.54) is 13.8 Å². The maximum atomic E-state index is 9.44. The zero-order valence-corrected chi connectivity index (χ0v) is 8.87. The standard InChI is InChI=1S/C6H7N.C3H6O.C2H6/c7-6-4-2-1-3-5-6;1-3(2)4;1-2/h1-5H,7H2;1-2H3;1-2H3. The van der Waals surface area contributed by atoms with E-state index in [0.29, 0.717) is 0 Å². The van der Waals surface area contributed by atoms with E-state index in [4.69, 9.17) is 5.73 Å². The van der Waals surface area contributed by atoms with Crippen LogP contribution in [0.1, 0.15) is 27.7 Å². The number of anilines is 1. The zero-order chi connectivity index (χ0) is 10.7. The molecule has 0 atom stereocenters. The predicted octanol–water partition coefficient (Wildman–Crippen LogP) is 2.89. The van der Waals surface area contributed by atoms with Gasteiger partial charge in [0.15, 0.2) is 0 Å². The maximum absolute atomic E-state index is 9.44. The summed E-state index contributed by atoms with van der Waals surface area (Å²) >= 11 is 0. The van der Waals surface area contributed by atoms with Crippen LogP contribution in [0.2, 0.25) is 0 Å². The molecular weight excluding hydrogens is 162 g/mol. The molecule has 0 aliphatic carbocycles. The molecule has 0 aromatic heterocycles. The van der Waals surface area contributed by atoms with E-state index in [1.807, 2.05) is 44.2 Å². The Morgan fingerprint density at radius 1 is 1.08 bits per heavy atom. The smallest absolute Gasteiger partial charge is 0.126 e. The number of ketones is 1. The van der Waals surface area contributed by atoms with Crippen LogP contribution in [0, 0.1) is 0 Å². The molecule has 2 N–H and O–H groups in total. The fraction of sp³-hybridized carbons (Fsp3) is 0.364. The van der Waals surface area contributed by atoms with Gasteiger partial charge in [-0.25, -0.2) is 0 Å². The third kappa shape index (κ3) is 18.0. The molecule has 0 aliphatic rings. The summed E-state index contributed by atoms with van der Waals surface area (Å²) in [6.45, 7) is 7.06. The lowest BCUT2D eigenvalue weighted by molar-refractivity contribution is -0.114. The molecule has 0 aliphatic heterocycles. The summed E-state index contributed by atoms with van der Waals surface area (Å²) in [4.78, 5) is 9.44. The molecule has 0 bridgehead atoms. The molecule has 74 valence electrons. The lowest BCUT2D eigenvalue weighted by Gasteiger charge is -1.83. The van der Waals surface area contributed by atoms with Gasteiger partial charge in [-0.15, -0.1) is 0 Å². The van der Waals surface area contributed by atoms with E-state index in [-0.39, 0.29) is 5.78 Å². The first-order chi connectivity index (χ1) is 6.13. The Morgan fingerprint density at radius 3 is 1.54 bits per heavy atom. The highest BCUT2D eigenvalue weighted by Crippen LogP contribution is 1.95. The number of carbonyl (C=O) groups excluding carboxylic acids is 1. The summed E-state index contributed by atoms with van der Waals surface area (Å²) < 4.78 is 0. The molecule has 2 heteroatoms. The number of hydrogen-bond donors (Lipinski definition) is 1. The quantitative estimate of drug-likeness (QED) is 0.625. The van der Waals surface area contributed by atoms with Gasteiger partial charge in [0, 0.05) is 5.69 Å². The molecule has 1 aromatic carbocycles. The topological polar surface area (TPSA) is 43.1 Å². The summed E-state index contributed by atoms with van der Waals surface area (Å²) in [5, 5.41) is 0. The van der Waals surface area contributed by atoms with Gasteiger partial charge in [-0.2, -0.15) is 0 Å².